The summed E-state index contributed by atoms with van der Waals surface area (Å²) in [5, 5.41) is 0. The minimum Gasteiger partial charge on any atom is -0.452 e. The third-order valence-electron chi connectivity index (χ3n) is 5.43. The molecular formula is C25H24N2O2. The van der Waals surface area contributed by atoms with Gasteiger partial charge in [-0.3, -0.25) is 0 Å². The molecule has 4 aromatic rings. The van der Waals surface area contributed by atoms with E-state index >= 15 is 0 Å². The molecule has 3 aromatic carbocycles. The lowest BCUT2D eigenvalue weighted by Crippen LogP contribution is -2.09. The Morgan fingerprint density at radius 1 is 0.862 bits per heavy atom. The maximum atomic E-state index is 12.2. The maximum absolute atomic E-state index is 12.2. The van der Waals surface area contributed by atoms with Gasteiger partial charge in [0, 0.05) is 0 Å². The number of methoxy groups -OCH3 is 1. The van der Waals surface area contributed by atoms with Crippen molar-refractivity contribution in [3.05, 3.63) is 78.1 Å². The fourth-order valence-corrected chi connectivity index (χ4v) is 3.93. The van der Waals surface area contributed by atoms with Crippen LogP contribution in [0.5, 0.6) is 0 Å². The average molecular weight is 384 g/mol. The Morgan fingerprint density at radius 3 is 1.97 bits per heavy atom. The number of hydrogen-bond donors (Lipinski definition) is 0. The monoisotopic (exact) mass is 384 g/mol. The molecule has 1 aromatic heterocycles. The summed E-state index contributed by atoms with van der Waals surface area (Å²) in [6.07, 6.45) is 2.96. The van der Waals surface area contributed by atoms with Crippen LogP contribution >= 0.6 is 0 Å². The minimum atomic E-state index is -0.441. The number of hydrogen-bond acceptors (Lipinski definition) is 3. The van der Waals surface area contributed by atoms with Crippen molar-refractivity contribution in [2.45, 2.75) is 26.7 Å². The van der Waals surface area contributed by atoms with E-state index in [1.165, 1.54) is 40.3 Å². The molecule has 0 fully saturated rings. The van der Waals surface area contributed by atoms with E-state index in [9.17, 15) is 4.79 Å². The fourth-order valence-electron chi connectivity index (χ4n) is 3.93. The number of ether oxygens (including phenoxy) is 1. The molecule has 0 radical (unpaired) electrons. The lowest BCUT2D eigenvalue weighted by molar-refractivity contribution is 0.174. The molecule has 0 aliphatic carbocycles. The Morgan fingerprint density at radius 2 is 1.41 bits per heavy atom. The standard InChI is InChI=1S/C25H24N2O2/c1-4-17-10-6-8-12-19(17)21-14-23-24(27(16-26-23)25(28)29-3)15-22(21)20-13-9-7-11-18(20)5-2/h6-16H,4-5H2,1-3H3. The second-order valence-corrected chi connectivity index (χ2v) is 6.99. The van der Waals surface area contributed by atoms with Crippen molar-refractivity contribution in [3.63, 3.8) is 0 Å². The molecule has 0 unspecified atom stereocenters. The molecule has 0 aliphatic heterocycles. The van der Waals surface area contributed by atoms with Crippen molar-refractivity contribution in [1.29, 1.82) is 0 Å². The highest BCUT2D eigenvalue weighted by Gasteiger charge is 2.18. The van der Waals surface area contributed by atoms with E-state index in [0.717, 1.165) is 35.0 Å². The number of rotatable bonds is 4. The summed E-state index contributed by atoms with van der Waals surface area (Å²) in [6.45, 7) is 4.33. The summed E-state index contributed by atoms with van der Waals surface area (Å²) in [5.41, 5.74) is 8.68. The summed E-state index contributed by atoms with van der Waals surface area (Å²) in [5.74, 6) is 0. The molecule has 4 heteroatoms. The molecular weight excluding hydrogens is 360 g/mol. The van der Waals surface area contributed by atoms with E-state index in [4.69, 9.17) is 4.74 Å². The van der Waals surface area contributed by atoms with E-state index in [-0.39, 0.29) is 0 Å². The van der Waals surface area contributed by atoms with E-state index in [1.54, 1.807) is 0 Å². The highest BCUT2D eigenvalue weighted by atomic mass is 16.5. The molecule has 146 valence electrons. The van der Waals surface area contributed by atoms with E-state index in [0.29, 0.717) is 0 Å². The molecule has 4 nitrogen and oxygen atoms in total. The number of imidazole rings is 1. The summed E-state index contributed by atoms with van der Waals surface area (Å²) >= 11 is 0. The highest BCUT2D eigenvalue weighted by molar-refractivity contribution is 5.97. The number of benzene rings is 3. The number of aromatic nitrogens is 2. The normalized spacial score (nSPS) is 11.0. The Kier molecular flexibility index (Phi) is 5.17. The van der Waals surface area contributed by atoms with Crippen molar-refractivity contribution < 1.29 is 9.53 Å². The van der Waals surface area contributed by atoms with Gasteiger partial charge < -0.3 is 4.74 Å². The van der Waals surface area contributed by atoms with E-state index < -0.39 is 6.09 Å². The molecule has 0 saturated carbocycles. The Hall–Kier alpha value is -3.40. The summed E-state index contributed by atoms with van der Waals surface area (Å²) in [6, 6.07) is 21.1. The lowest BCUT2D eigenvalue weighted by atomic mass is 9.88. The topological polar surface area (TPSA) is 44.1 Å². The first kappa shape index (κ1) is 18.9. The largest absolute Gasteiger partial charge is 0.452 e. The number of fused-ring (bicyclic) bond motifs is 1. The smallest absolute Gasteiger partial charge is 0.419 e. The molecule has 1 heterocycles. The molecule has 0 aliphatic rings. The summed E-state index contributed by atoms with van der Waals surface area (Å²) in [7, 11) is 1.38. The predicted molar refractivity (Wildman–Crippen MR) is 117 cm³/mol. The molecule has 29 heavy (non-hydrogen) atoms. The number of aryl methyl sites for hydroxylation is 2. The zero-order chi connectivity index (χ0) is 20.4. The van der Waals surface area contributed by atoms with Crippen LogP contribution in [0.1, 0.15) is 25.0 Å². The highest BCUT2D eigenvalue weighted by Crippen LogP contribution is 2.38. The molecule has 4 rings (SSSR count). The Bertz CT molecular complexity index is 1190. The molecule has 0 atom stereocenters. The Balaban J connectivity index is 2.08. The van der Waals surface area contributed by atoms with Gasteiger partial charge in [0.2, 0.25) is 0 Å². The zero-order valence-corrected chi connectivity index (χ0v) is 17.0. The lowest BCUT2D eigenvalue weighted by Gasteiger charge is -2.16. The van der Waals surface area contributed by atoms with Gasteiger partial charge in [-0.1, -0.05) is 62.4 Å². The zero-order valence-electron chi connectivity index (χ0n) is 17.0. The van der Waals surface area contributed by atoms with Gasteiger partial charge in [0.15, 0.2) is 0 Å². The van der Waals surface area contributed by atoms with Gasteiger partial charge in [0.25, 0.3) is 0 Å². The minimum absolute atomic E-state index is 0.441. The van der Waals surface area contributed by atoms with Crippen LogP contribution in [0.25, 0.3) is 33.3 Å². The molecule has 0 amide bonds. The first-order valence-electron chi connectivity index (χ1n) is 9.93. The predicted octanol–water partition coefficient (Wildman–Crippen LogP) is 6.11. The number of carbonyl (C=O) groups excluding carboxylic acids is 1. The van der Waals surface area contributed by atoms with Crippen LogP contribution in [0.3, 0.4) is 0 Å². The van der Waals surface area contributed by atoms with Crippen molar-refractivity contribution >= 4 is 17.1 Å². The third kappa shape index (κ3) is 3.31. The van der Waals surface area contributed by atoms with E-state index in [2.05, 4.69) is 79.5 Å². The van der Waals surface area contributed by atoms with Gasteiger partial charge in [-0.2, -0.15) is 0 Å². The second kappa shape index (κ2) is 7.92. The van der Waals surface area contributed by atoms with Gasteiger partial charge in [-0.25, -0.2) is 14.3 Å². The maximum Gasteiger partial charge on any atom is 0.419 e. The van der Waals surface area contributed by atoms with Crippen LogP contribution in [0.4, 0.5) is 4.79 Å². The Labute approximate surface area is 170 Å². The summed E-state index contributed by atoms with van der Waals surface area (Å²) < 4.78 is 6.39. The van der Waals surface area contributed by atoms with Crippen molar-refractivity contribution in [1.82, 2.24) is 9.55 Å². The fraction of sp³-hybridized carbons (Fsp3) is 0.200. The number of carbonyl (C=O) groups is 1. The molecule has 0 spiro atoms. The van der Waals surface area contributed by atoms with Gasteiger partial charge in [-0.05, 0) is 58.4 Å². The van der Waals surface area contributed by atoms with Gasteiger partial charge in [0.1, 0.15) is 6.33 Å². The van der Waals surface area contributed by atoms with Crippen LogP contribution in [0.15, 0.2) is 67.0 Å². The van der Waals surface area contributed by atoms with Crippen molar-refractivity contribution in [2.75, 3.05) is 7.11 Å². The third-order valence-corrected chi connectivity index (χ3v) is 5.43. The van der Waals surface area contributed by atoms with E-state index in [1.807, 2.05) is 0 Å². The number of nitrogens with zero attached hydrogens (tertiary/aromatic N) is 2. The van der Waals surface area contributed by atoms with Gasteiger partial charge in [-0.15, -0.1) is 0 Å². The molecule has 0 bridgehead atoms. The van der Waals surface area contributed by atoms with Crippen LogP contribution in [-0.2, 0) is 17.6 Å². The molecule has 0 saturated heterocycles. The second-order valence-electron chi connectivity index (χ2n) is 6.99. The first-order valence-corrected chi connectivity index (χ1v) is 9.93. The van der Waals surface area contributed by atoms with Gasteiger partial charge >= 0.3 is 6.09 Å². The van der Waals surface area contributed by atoms with Crippen LogP contribution in [0.2, 0.25) is 0 Å². The van der Waals surface area contributed by atoms with Crippen molar-refractivity contribution in [2.24, 2.45) is 0 Å². The van der Waals surface area contributed by atoms with Crippen LogP contribution in [0, 0.1) is 0 Å². The molecule has 0 N–H and O–H groups in total. The SMILES string of the molecule is CCc1ccccc1-c1cc2ncn(C(=O)OC)c2cc1-c1ccccc1CC. The van der Waals surface area contributed by atoms with Crippen molar-refractivity contribution in [3.8, 4) is 22.3 Å². The van der Waals surface area contributed by atoms with Crippen LogP contribution < -0.4 is 0 Å². The van der Waals surface area contributed by atoms with Crippen LogP contribution in [-0.4, -0.2) is 22.8 Å². The van der Waals surface area contributed by atoms with Gasteiger partial charge in [0.05, 0.1) is 18.1 Å². The average Bonchev–Trinajstić information content (AvgIpc) is 3.20. The first-order chi connectivity index (χ1) is 14.2. The summed E-state index contributed by atoms with van der Waals surface area (Å²) in [4.78, 5) is 16.7. The quantitative estimate of drug-likeness (QED) is 0.426.